The first-order chi connectivity index (χ1) is 10.3. The molecule has 2 aromatic carbocycles. The van der Waals surface area contributed by atoms with Crippen molar-refractivity contribution in [2.75, 3.05) is 0 Å². The molecule has 0 amide bonds. The molecular formula is C15H13N5O. The van der Waals surface area contributed by atoms with Crippen LogP contribution in [0, 0.1) is 0 Å². The van der Waals surface area contributed by atoms with Crippen molar-refractivity contribution in [2.24, 2.45) is 5.73 Å². The maximum atomic E-state index is 6.08. The van der Waals surface area contributed by atoms with Gasteiger partial charge in [-0.1, -0.05) is 35.5 Å². The first-order valence-corrected chi connectivity index (χ1v) is 6.70. The fraction of sp³-hybridized carbons (Fsp3) is 0.133. The van der Waals surface area contributed by atoms with Crippen molar-refractivity contribution in [3.63, 3.8) is 0 Å². The Labute approximate surface area is 119 Å². The summed E-state index contributed by atoms with van der Waals surface area (Å²) < 4.78 is 5.87. The van der Waals surface area contributed by atoms with Crippen molar-refractivity contribution < 1.29 is 4.42 Å². The topological polar surface area (TPSA) is 93.6 Å². The minimum absolute atomic E-state index is 0.287. The van der Waals surface area contributed by atoms with Crippen LogP contribution in [0.5, 0.6) is 0 Å². The average Bonchev–Trinajstić information content (AvgIpc) is 3.14. The van der Waals surface area contributed by atoms with Crippen LogP contribution in [0.15, 0.2) is 46.9 Å². The number of nitrogens with two attached hydrogens (primary N) is 1. The largest absolute Gasteiger partial charge is 0.456 e. The van der Waals surface area contributed by atoms with Gasteiger partial charge in [0.25, 0.3) is 0 Å². The number of nitrogens with one attached hydrogen (secondary N) is 1. The number of fused-ring (bicyclic) bond motifs is 3. The zero-order chi connectivity index (χ0) is 14.2. The van der Waals surface area contributed by atoms with Crippen molar-refractivity contribution in [1.82, 2.24) is 20.6 Å². The summed E-state index contributed by atoms with van der Waals surface area (Å²) in [7, 11) is 0. The van der Waals surface area contributed by atoms with E-state index in [0.29, 0.717) is 12.2 Å². The molecule has 0 fully saturated rings. The number of nitrogens with zero attached hydrogens (tertiary/aromatic N) is 3. The molecule has 1 atom stereocenters. The normalized spacial score (nSPS) is 13.0. The molecule has 21 heavy (non-hydrogen) atoms. The Morgan fingerprint density at radius 1 is 1.10 bits per heavy atom. The van der Waals surface area contributed by atoms with Crippen molar-refractivity contribution in [3.05, 3.63) is 53.9 Å². The van der Waals surface area contributed by atoms with E-state index < -0.39 is 0 Å². The molecule has 0 bridgehead atoms. The molecule has 4 aromatic rings. The number of furan rings is 1. The summed E-state index contributed by atoms with van der Waals surface area (Å²) in [5.74, 6) is 0.514. The molecule has 2 aromatic heterocycles. The van der Waals surface area contributed by atoms with Gasteiger partial charge in [-0.05, 0) is 24.1 Å². The van der Waals surface area contributed by atoms with Gasteiger partial charge in [0.1, 0.15) is 11.2 Å². The number of tetrazole rings is 1. The molecule has 3 N–H and O–H groups in total. The SMILES string of the molecule is N[C@@H](Cc1ccc2c(c1)oc1ccccc12)c1nn[nH]n1. The van der Waals surface area contributed by atoms with Gasteiger partial charge in [0.05, 0.1) is 6.04 Å². The van der Waals surface area contributed by atoms with Crippen LogP contribution < -0.4 is 5.73 Å². The lowest BCUT2D eigenvalue weighted by Crippen LogP contribution is -2.15. The van der Waals surface area contributed by atoms with E-state index in [1.807, 2.05) is 24.3 Å². The van der Waals surface area contributed by atoms with Gasteiger partial charge < -0.3 is 10.2 Å². The Bertz CT molecular complexity index is 897. The predicted octanol–water partition coefficient (Wildman–Crippen LogP) is 2.34. The van der Waals surface area contributed by atoms with Crippen molar-refractivity contribution in [1.29, 1.82) is 0 Å². The highest BCUT2D eigenvalue weighted by Crippen LogP contribution is 2.29. The third-order valence-corrected chi connectivity index (χ3v) is 3.59. The Morgan fingerprint density at radius 2 is 1.95 bits per heavy atom. The fourth-order valence-electron chi connectivity index (χ4n) is 2.57. The second-order valence-corrected chi connectivity index (χ2v) is 5.01. The van der Waals surface area contributed by atoms with Gasteiger partial charge in [-0.2, -0.15) is 5.21 Å². The third-order valence-electron chi connectivity index (χ3n) is 3.59. The number of aromatic nitrogens is 4. The second kappa shape index (κ2) is 4.68. The molecule has 4 rings (SSSR count). The molecule has 0 saturated carbocycles. The van der Waals surface area contributed by atoms with Crippen LogP contribution in [-0.4, -0.2) is 20.6 Å². The summed E-state index contributed by atoms with van der Waals surface area (Å²) >= 11 is 0. The zero-order valence-electron chi connectivity index (χ0n) is 11.2. The van der Waals surface area contributed by atoms with Crippen LogP contribution >= 0.6 is 0 Å². The number of rotatable bonds is 3. The Morgan fingerprint density at radius 3 is 2.81 bits per heavy atom. The van der Waals surface area contributed by atoms with Gasteiger partial charge >= 0.3 is 0 Å². The van der Waals surface area contributed by atoms with Crippen molar-refractivity contribution in [2.45, 2.75) is 12.5 Å². The van der Waals surface area contributed by atoms with Gasteiger partial charge in [-0.15, -0.1) is 10.2 Å². The minimum Gasteiger partial charge on any atom is -0.456 e. The quantitative estimate of drug-likeness (QED) is 0.600. The van der Waals surface area contributed by atoms with E-state index in [9.17, 15) is 0 Å². The first kappa shape index (κ1) is 12.0. The number of benzene rings is 2. The van der Waals surface area contributed by atoms with E-state index in [2.05, 4.69) is 38.8 Å². The summed E-state index contributed by atoms with van der Waals surface area (Å²) in [4.78, 5) is 0. The second-order valence-electron chi connectivity index (χ2n) is 5.01. The molecule has 2 heterocycles. The number of H-pyrrole nitrogens is 1. The smallest absolute Gasteiger partial charge is 0.191 e. The maximum absolute atomic E-state index is 6.08. The Hall–Kier alpha value is -2.73. The number of aromatic amines is 1. The predicted molar refractivity (Wildman–Crippen MR) is 78.5 cm³/mol. The van der Waals surface area contributed by atoms with Crippen LogP contribution in [0.2, 0.25) is 0 Å². The zero-order valence-corrected chi connectivity index (χ0v) is 11.2. The molecule has 0 aliphatic heterocycles. The number of hydrogen-bond acceptors (Lipinski definition) is 5. The van der Waals surface area contributed by atoms with E-state index >= 15 is 0 Å². The van der Waals surface area contributed by atoms with Crippen LogP contribution in [0.4, 0.5) is 0 Å². The molecule has 6 heteroatoms. The summed E-state index contributed by atoms with van der Waals surface area (Å²) in [6.07, 6.45) is 0.631. The van der Waals surface area contributed by atoms with Gasteiger partial charge in [0.2, 0.25) is 0 Å². The lowest BCUT2D eigenvalue weighted by Gasteiger charge is -2.06. The van der Waals surface area contributed by atoms with E-state index in [-0.39, 0.29) is 6.04 Å². The van der Waals surface area contributed by atoms with E-state index in [0.717, 1.165) is 27.5 Å². The van der Waals surface area contributed by atoms with Gasteiger partial charge in [0, 0.05) is 10.8 Å². The highest BCUT2D eigenvalue weighted by atomic mass is 16.3. The van der Waals surface area contributed by atoms with E-state index in [1.54, 1.807) is 0 Å². The standard InChI is InChI=1S/C15H13N5O/c16-12(15-17-19-20-18-15)7-9-5-6-11-10-3-1-2-4-13(10)21-14(11)8-9/h1-6,8,12H,7,16H2,(H,17,18,19,20)/t12-/m0/s1. The van der Waals surface area contributed by atoms with Crippen molar-refractivity contribution >= 4 is 21.9 Å². The molecule has 0 saturated heterocycles. The molecule has 0 aliphatic rings. The molecule has 0 aliphatic carbocycles. The van der Waals surface area contributed by atoms with Crippen LogP contribution in [0.25, 0.3) is 21.9 Å². The van der Waals surface area contributed by atoms with Crippen LogP contribution in [0.3, 0.4) is 0 Å². The molecule has 104 valence electrons. The number of para-hydroxylation sites is 1. The molecule has 0 spiro atoms. The first-order valence-electron chi connectivity index (χ1n) is 6.70. The van der Waals surface area contributed by atoms with Crippen LogP contribution in [-0.2, 0) is 6.42 Å². The average molecular weight is 279 g/mol. The van der Waals surface area contributed by atoms with Gasteiger partial charge in [0.15, 0.2) is 5.82 Å². The van der Waals surface area contributed by atoms with Gasteiger partial charge in [-0.25, -0.2) is 0 Å². The van der Waals surface area contributed by atoms with Crippen LogP contribution in [0.1, 0.15) is 17.4 Å². The fourth-order valence-corrected chi connectivity index (χ4v) is 2.57. The number of hydrogen-bond donors (Lipinski definition) is 2. The summed E-state index contributed by atoms with van der Waals surface area (Å²) in [5.41, 5.74) is 8.92. The van der Waals surface area contributed by atoms with Crippen molar-refractivity contribution in [3.8, 4) is 0 Å². The molecular weight excluding hydrogens is 266 g/mol. The highest BCUT2D eigenvalue weighted by Gasteiger charge is 2.13. The lowest BCUT2D eigenvalue weighted by atomic mass is 10.0. The third kappa shape index (κ3) is 2.05. The van der Waals surface area contributed by atoms with Gasteiger partial charge in [-0.3, -0.25) is 0 Å². The summed E-state index contributed by atoms with van der Waals surface area (Å²) in [5, 5.41) is 16.0. The molecule has 6 nitrogen and oxygen atoms in total. The Kier molecular flexibility index (Phi) is 2.68. The highest BCUT2D eigenvalue weighted by molar-refractivity contribution is 6.04. The molecule has 0 radical (unpaired) electrons. The monoisotopic (exact) mass is 279 g/mol. The summed E-state index contributed by atoms with van der Waals surface area (Å²) in [6, 6.07) is 13.9. The van der Waals surface area contributed by atoms with E-state index in [4.69, 9.17) is 10.2 Å². The lowest BCUT2D eigenvalue weighted by molar-refractivity contribution is 0.657. The minimum atomic E-state index is -0.287. The molecule has 0 unspecified atom stereocenters. The summed E-state index contributed by atoms with van der Waals surface area (Å²) in [6.45, 7) is 0. The van der Waals surface area contributed by atoms with E-state index in [1.165, 1.54) is 0 Å². The maximum Gasteiger partial charge on any atom is 0.191 e. The Balaban J connectivity index is 1.72.